The molecule has 1 N–H and O–H groups in total. The number of hydrogen-bond acceptors (Lipinski definition) is 5. The van der Waals surface area contributed by atoms with Crippen molar-refractivity contribution in [3.8, 4) is 0 Å². The van der Waals surface area contributed by atoms with Crippen LogP contribution in [0.15, 0.2) is 23.8 Å². The van der Waals surface area contributed by atoms with Crippen molar-refractivity contribution < 1.29 is 28.7 Å². The molecule has 3 amide bonds. The van der Waals surface area contributed by atoms with E-state index in [9.17, 15) is 14.4 Å². The number of hydroxylamine groups is 2. The average molecular weight is 353 g/mol. The molecule has 8 nitrogen and oxygen atoms in total. The molecule has 2 rings (SSSR count). The number of hydrogen-bond donors (Lipinski definition) is 0. The quantitative estimate of drug-likeness (QED) is 0.554. The Morgan fingerprint density at radius 2 is 2.12 bits per heavy atom. The molecule has 0 saturated carbocycles. The van der Waals surface area contributed by atoms with Gasteiger partial charge in [-0.25, -0.2) is 4.79 Å². The van der Waals surface area contributed by atoms with E-state index in [1.807, 2.05) is 0 Å². The highest BCUT2D eigenvalue weighted by molar-refractivity contribution is 6.16. The number of imide groups is 1. The normalized spacial score (nSPS) is 21.9. The van der Waals surface area contributed by atoms with E-state index in [0.29, 0.717) is 19.7 Å². The molecule has 0 aromatic heterocycles. The Labute approximate surface area is 146 Å². The third-order valence-electron chi connectivity index (χ3n) is 3.49. The lowest BCUT2D eigenvalue weighted by atomic mass is 10.2. The van der Waals surface area contributed by atoms with Crippen molar-refractivity contribution in [1.29, 1.82) is 0 Å². The lowest BCUT2D eigenvalue weighted by molar-refractivity contribution is -0.222. The molecule has 1 fully saturated rings. The second-order valence-corrected chi connectivity index (χ2v) is 6.82. The van der Waals surface area contributed by atoms with Crippen LogP contribution in [0.3, 0.4) is 0 Å². The summed E-state index contributed by atoms with van der Waals surface area (Å²) in [6.45, 7) is 8.46. The van der Waals surface area contributed by atoms with Crippen LogP contribution in [0, 0.1) is 0 Å². The van der Waals surface area contributed by atoms with Gasteiger partial charge in [0.2, 0.25) is 0 Å². The highest BCUT2D eigenvalue weighted by Gasteiger charge is 2.35. The van der Waals surface area contributed by atoms with E-state index in [2.05, 4.69) is 4.74 Å². The minimum atomic E-state index is -0.569. The number of morpholine rings is 1. The fourth-order valence-corrected chi connectivity index (χ4v) is 2.41. The third-order valence-corrected chi connectivity index (χ3v) is 3.49. The minimum Gasteiger partial charge on any atom is -0.444 e. The summed E-state index contributed by atoms with van der Waals surface area (Å²) in [5.74, 6) is -1.01. The lowest BCUT2D eigenvalue weighted by Crippen LogP contribution is -2.51. The maximum atomic E-state index is 12.1. The van der Waals surface area contributed by atoms with Gasteiger partial charge >= 0.3 is 6.09 Å². The number of aliphatic hydroxyl groups is 2. The van der Waals surface area contributed by atoms with Crippen molar-refractivity contribution in [2.24, 2.45) is 0 Å². The van der Waals surface area contributed by atoms with Gasteiger partial charge in [0.1, 0.15) is 12.2 Å². The number of rotatable bonds is 4. The second-order valence-electron chi connectivity index (χ2n) is 6.82. The molecule has 0 aromatic carbocycles. The van der Waals surface area contributed by atoms with Gasteiger partial charge in [-0.3, -0.25) is 19.3 Å². The van der Waals surface area contributed by atoms with Crippen LogP contribution in [0.4, 0.5) is 4.79 Å². The topological polar surface area (TPSA) is 88.9 Å². The van der Waals surface area contributed by atoms with Crippen LogP contribution in [0.1, 0.15) is 27.7 Å². The first-order chi connectivity index (χ1) is 11.7. The largest absolute Gasteiger partial charge is 0.444 e. The fourth-order valence-electron chi connectivity index (χ4n) is 2.41. The van der Waals surface area contributed by atoms with Crippen LogP contribution in [-0.4, -0.2) is 70.6 Å². The smallest absolute Gasteiger partial charge is 0.410 e. The Morgan fingerprint density at radius 1 is 1.40 bits per heavy atom. The predicted octanol–water partition coefficient (Wildman–Crippen LogP) is 0.937. The van der Waals surface area contributed by atoms with Crippen molar-refractivity contribution >= 4 is 17.9 Å². The van der Waals surface area contributed by atoms with Crippen LogP contribution in [0.25, 0.3) is 0 Å². The average Bonchev–Trinajstić information content (AvgIpc) is 2.78. The molecule has 0 radical (unpaired) electrons. The van der Waals surface area contributed by atoms with E-state index in [0.717, 1.165) is 5.06 Å². The van der Waals surface area contributed by atoms with Gasteiger partial charge in [-0.2, -0.15) is 0 Å². The summed E-state index contributed by atoms with van der Waals surface area (Å²) in [7, 11) is 0. The molecule has 1 saturated heterocycles. The first-order valence-electron chi connectivity index (χ1n) is 8.21. The summed E-state index contributed by atoms with van der Waals surface area (Å²) >= 11 is 0. The maximum absolute atomic E-state index is 12.1. The van der Waals surface area contributed by atoms with Gasteiger partial charge in [0, 0.05) is 11.6 Å². The Hall–Kier alpha value is -2.19. The van der Waals surface area contributed by atoms with E-state index in [-0.39, 0.29) is 18.3 Å². The van der Waals surface area contributed by atoms with Gasteiger partial charge in [0.05, 0.1) is 13.1 Å². The summed E-state index contributed by atoms with van der Waals surface area (Å²) in [5, 5.41) is 0.733. The molecule has 2 aliphatic rings. The Bertz CT molecular complexity index is 605. The zero-order chi connectivity index (χ0) is 18.6. The Morgan fingerprint density at radius 3 is 2.76 bits per heavy atom. The van der Waals surface area contributed by atoms with Crippen LogP contribution in [0.2, 0.25) is 0 Å². The van der Waals surface area contributed by atoms with Gasteiger partial charge in [-0.05, 0) is 27.7 Å². The molecule has 1 atom stereocenters. The number of carbonyl (C=O) groups excluding carboxylic acids is 3. The molecular weight excluding hydrogens is 328 g/mol. The summed E-state index contributed by atoms with van der Waals surface area (Å²) < 4.78 is 9.72. The number of amides is 3. The molecule has 0 aromatic rings. The molecule has 25 heavy (non-hydrogen) atoms. The lowest BCUT2D eigenvalue weighted by Gasteiger charge is -2.32. The van der Waals surface area contributed by atoms with Crippen LogP contribution in [-0.2, 0) is 19.2 Å². The second kappa shape index (κ2) is 7.79. The van der Waals surface area contributed by atoms with E-state index < -0.39 is 23.5 Å². The zero-order valence-corrected chi connectivity index (χ0v) is 15.0. The summed E-state index contributed by atoms with van der Waals surface area (Å²) in [5.41, 5.74) is -0.288. The molecule has 0 aliphatic carbocycles. The third kappa shape index (κ3) is 5.14. The Kier molecular flexibility index (Phi) is 5.97. The number of allylic oxidation sites excluding steroid dienone is 1. The maximum Gasteiger partial charge on any atom is 0.410 e. The number of ether oxygens (including phenoxy) is 2. The fraction of sp³-hybridized carbons (Fsp3) is 0.588. The molecular formula is C17H25N2O6+. The molecule has 0 bridgehead atoms. The number of nitrogens with zero attached hydrogens (tertiary/aromatic N) is 2. The standard InChI is InChI=1S/C17H24N2O6/c1-5-6-12-9-14(20)19(15(12)21)24-11-13-10-18(7-8-23-13)16(22)25-17(2,3)4/h5-6,9,13H,7-8,10-11H2,1-4H3/p+1/b6-5-. The van der Waals surface area contributed by atoms with Crippen molar-refractivity contribution in [1.82, 2.24) is 9.96 Å². The van der Waals surface area contributed by atoms with E-state index in [1.165, 1.54) is 6.08 Å². The molecule has 2 heterocycles. The van der Waals surface area contributed by atoms with Crippen molar-refractivity contribution in [2.75, 3.05) is 26.3 Å². The van der Waals surface area contributed by atoms with Crippen molar-refractivity contribution in [3.05, 3.63) is 23.8 Å². The van der Waals surface area contributed by atoms with Crippen LogP contribution >= 0.6 is 0 Å². The molecule has 138 valence electrons. The minimum absolute atomic E-state index is 0.0355. The Balaban J connectivity index is 1.86. The van der Waals surface area contributed by atoms with Gasteiger partial charge in [0.25, 0.3) is 11.8 Å². The first-order valence-corrected chi connectivity index (χ1v) is 8.21. The van der Waals surface area contributed by atoms with Gasteiger partial charge < -0.3 is 9.47 Å². The molecule has 1 unspecified atom stereocenters. The van der Waals surface area contributed by atoms with Gasteiger partial charge in [-0.1, -0.05) is 12.2 Å². The van der Waals surface area contributed by atoms with Crippen molar-refractivity contribution in [3.63, 3.8) is 0 Å². The molecule has 0 spiro atoms. The van der Waals surface area contributed by atoms with E-state index in [1.54, 1.807) is 44.7 Å². The van der Waals surface area contributed by atoms with Gasteiger partial charge in [0.15, 0.2) is 12.7 Å². The molecule has 8 heteroatoms. The number of carbonyl (C=O) groups is 3. The van der Waals surface area contributed by atoms with Crippen LogP contribution in [0.5, 0.6) is 0 Å². The zero-order valence-electron chi connectivity index (χ0n) is 15.0. The summed E-state index contributed by atoms with van der Waals surface area (Å²) in [6.07, 6.45) is 3.73. The summed E-state index contributed by atoms with van der Waals surface area (Å²) in [6, 6.07) is 0. The monoisotopic (exact) mass is 353 g/mol. The van der Waals surface area contributed by atoms with E-state index in [4.69, 9.17) is 9.57 Å². The highest BCUT2D eigenvalue weighted by Crippen LogP contribution is 2.16. The first kappa shape index (κ1) is 19.1. The highest BCUT2D eigenvalue weighted by atomic mass is 16.7. The predicted molar refractivity (Wildman–Crippen MR) is 89.4 cm³/mol. The SMILES string of the molecule is C/C=C\C1=CC(=O)N(OCC2CN(C(=O)OC(C)(C)C)CC[OH+]2)C1=O. The van der Waals surface area contributed by atoms with Crippen LogP contribution < -0.4 is 0 Å². The van der Waals surface area contributed by atoms with Crippen molar-refractivity contribution in [2.45, 2.75) is 39.4 Å². The molecule has 2 aliphatic heterocycles. The van der Waals surface area contributed by atoms with E-state index >= 15 is 0 Å². The van der Waals surface area contributed by atoms with Gasteiger partial charge in [-0.15, -0.1) is 5.06 Å². The summed E-state index contributed by atoms with van der Waals surface area (Å²) in [4.78, 5) is 42.9.